The number of furan rings is 1. The molecule has 0 saturated carbocycles. The number of carbonyl (C=O) groups excluding carboxylic acids is 1. The Labute approximate surface area is 143 Å². The van der Waals surface area contributed by atoms with Gasteiger partial charge in [0.25, 0.3) is 5.91 Å². The Balaban J connectivity index is 1.86. The third-order valence-corrected chi connectivity index (χ3v) is 4.02. The van der Waals surface area contributed by atoms with E-state index in [1.165, 1.54) is 17.2 Å². The minimum Gasteiger partial charge on any atom is -0.478 e. The van der Waals surface area contributed by atoms with Crippen LogP contribution in [0.15, 0.2) is 22.7 Å². The van der Waals surface area contributed by atoms with E-state index in [4.69, 9.17) is 9.52 Å². The summed E-state index contributed by atoms with van der Waals surface area (Å²) in [5.74, 6) is -0.575. The zero-order chi connectivity index (χ0) is 18.3. The summed E-state index contributed by atoms with van der Waals surface area (Å²) in [5, 5.41) is 13.4. The van der Waals surface area contributed by atoms with Gasteiger partial charge in [0.1, 0.15) is 17.1 Å². The molecule has 3 aromatic rings. The molecule has 0 aliphatic heterocycles. The number of nitrogens with zero attached hydrogens (tertiary/aromatic N) is 4. The molecule has 0 radical (unpaired) electrons. The summed E-state index contributed by atoms with van der Waals surface area (Å²) in [7, 11) is 1.62. The highest BCUT2D eigenvalue weighted by atomic mass is 16.4. The van der Waals surface area contributed by atoms with Crippen LogP contribution in [0, 0.1) is 20.8 Å². The van der Waals surface area contributed by atoms with E-state index in [9.17, 15) is 9.59 Å². The normalized spacial score (nSPS) is 11.0. The molecular weight excluding hydrogens is 324 g/mol. The molecule has 130 valence electrons. The van der Waals surface area contributed by atoms with Crippen molar-refractivity contribution in [1.29, 1.82) is 0 Å². The van der Waals surface area contributed by atoms with Crippen molar-refractivity contribution < 1.29 is 19.1 Å². The van der Waals surface area contributed by atoms with Crippen molar-refractivity contribution in [1.82, 2.24) is 19.5 Å². The van der Waals surface area contributed by atoms with Crippen LogP contribution >= 0.6 is 0 Å². The molecule has 25 heavy (non-hydrogen) atoms. The lowest BCUT2D eigenvalue weighted by Gasteiger charge is -2.17. The molecule has 0 fully saturated rings. The van der Waals surface area contributed by atoms with Gasteiger partial charge in [-0.15, -0.1) is 0 Å². The Morgan fingerprint density at radius 1 is 1.24 bits per heavy atom. The van der Waals surface area contributed by atoms with E-state index in [1.54, 1.807) is 18.5 Å². The molecular formula is C17H18N4O4. The van der Waals surface area contributed by atoms with E-state index in [-0.39, 0.29) is 18.0 Å². The lowest BCUT2D eigenvalue weighted by Crippen LogP contribution is -2.27. The number of carboxylic acids is 1. The summed E-state index contributed by atoms with van der Waals surface area (Å²) < 4.78 is 7.06. The number of aromatic carboxylic acids is 1. The molecule has 3 heterocycles. The van der Waals surface area contributed by atoms with E-state index >= 15 is 0 Å². The van der Waals surface area contributed by atoms with Crippen molar-refractivity contribution in [2.75, 3.05) is 7.05 Å². The summed E-state index contributed by atoms with van der Waals surface area (Å²) in [6, 6.07) is 3.27. The van der Waals surface area contributed by atoms with Crippen molar-refractivity contribution in [2.45, 2.75) is 27.3 Å². The topological polar surface area (TPSA) is 101 Å². The minimum absolute atomic E-state index is 0.0992. The predicted molar refractivity (Wildman–Crippen MR) is 88.7 cm³/mol. The SMILES string of the molecule is Cc1cc2ncc(C(=O)N(C)Cc3cc(C(=O)O)c(C)o3)c(C)n2n1. The number of rotatable bonds is 4. The third kappa shape index (κ3) is 2.98. The molecule has 8 heteroatoms. The van der Waals surface area contributed by atoms with Crippen LogP contribution in [0.4, 0.5) is 0 Å². The second-order valence-corrected chi connectivity index (χ2v) is 5.96. The second kappa shape index (κ2) is 6.04. The number of fused-ring (bicyclic) bond motifs is 1. The first kappa shape index (κ1) is 16.7. The predicted octanol–water partition coefficient (Wildman–Crippen LogP) is 2.22. The third-order valence-electron chi connectivity index (χ3n) is 4.02. The van der Waals surface area contributed by atoms with E-state index in [0.717, 1.165) is 5.69 Å². The van der Waals surface area contributed by atoms with E-state index in [0.29, 0.717) is 28.4 Å². The van der Waals surface area contributed by atoms with Crippen molar-refractivity contribution in [3.63, 3.8) is 0 Å². The Bertz CT molecular complexity index is 986. The molecule has 0 bridgehead atoms. The highest BCUT2D eigenvalue weighted by Crippen LogP contribution is 2.18. The molecule has 0 aliphatic carbocycles. The lowest BCUT2D eigenvalue weighted by molar-refractivity contribution is 0.0694. The molecule has 0 atom stereocenters. The van der Waals surface area contributed by atoms with Gasteiger partial charge in [-0.3, -0.25) is 4.79 Å². The molecule has 3 aromatic heterocycles. The lowest BCUT2D eigenvalue weighted by atomic mass is 10.2. The van der Waals surface area contributed by atoms with Gasteiger partial charge in [-0.05, 0) is 26.8 Å². The molecule has 3 rings (SSSR count). The average Bonchev–Trinajstić information content (AvgIpc) is 3.09. The fourth-order valence-electron chi connectivity index (χ4n) is 2.72. The summed E-state index contributed by atoms with van der Waals surface area (Å²) in [4.78, 5) is 29.5. The number of hydrogen-bond donors (Lipinski definition) is 1. The van der Waals surface area contributed by atoms with Crippen molar-refractivity contribution in [3.05, 3.63) is 52.4 Å². The maximum atomic E-state index is 12.7. The van der Waals surface area contributed by atoms with Gasteiger partial charge in [-0.1, -0.05) is 0 Å². The van der Waals surface area contributed by atoms with Gasteiger partial charge in [0.15, 0.2) is 5.65 Å². The molecule has 0 aliphatic rings. The van der Waals surface area contributed by atoms with Gasteiger partial charge in [0, 0.05) is 19.3 Å². The summed E-state index contributed by atoms with van der Waals surface area (Å²) >= 11 is 0. The molecule has 8 nitrogen and oxygen atoms in total. The van der Waals surface area contributed by atoms with E-state index in [2.05, 4.69) is 10.1 Å². The number of carbonyl (C=O) groups is 2. The number of amides is 1. The van der Waals surface area contributed by atoms with Crippen molar-refractivity contribution in [2.24, 2.45) is 0 Å². The van der Waals surface area contributed by atoms with Gasteiger partial charge in [-0.2, -0.15) is 5.10 Å². The number of aromatic nitrogens is 3. The molecule has 0 aromatic carbocycles. The smallest absolute Gasteiger partial charge is 0.339 e. The van der Waals surface area contributed by atoms with Crippen LogP contribution in [0.1, 0.15) is 43.6 Å². The molecule has 0 spiro atoms. The average molecular weight is 342 g/mol. The maximum absolute atomic E-state index is 12.7. The Morgan fingerprint density at radius 3 is 2.60 bits per heavy atom. The first-order valence-electron chi connectivity index (χ1n) is 7.68. The largest absolute Gasteiger partial charge is 0.478 e. The Hall–Kier alpha value is -3.16. The van der Waals surface area contributed by atoms with Gasteiger partial charge in [0.05, 0.1) is 23.5 Å². The second-order valence-electron chi connectivity index (χ2n) is 5.96. The fourth-order valence-corrected chi connectivity index (χ4v) is 2.72. The van der Waals surface area contributed by atoms with Crippen molar-refractivity contribution >= 4 is 17.5 Å². The molecule has 1 N–H and O–H groups in total. The van der Waals surface area contributed by atoms with Crippen molar-refractivity contribution in [3.8, 4) is 0 Å². The molecule has 1 amide bonds. The van der Waals surface area contributed by atoms with Crippen LogP contribution in [-0.4, -0.2) is 43.5 Å². The summed E-state index contributed by atoms with van der Waals surface area (Å²) in [6.07, 6.45) is 1.53. The van der Waals surface area contributed by atoms with Gasteiger partial charge < -0.3 is 14.4 Å². The Kier molecular flexibility index (Phi) is 4.03. The fraction of sp³-hybridized carbons (Fsp3) is 0.294. The maximum Gasteiger partial charge on any atom is 0.339 e. The minimum atomic E-state index is -1.05. The van der Waals surface area contributed by atoms with Crippen LogP contribution in [0.25, 0.3) is 5.65 Å². The van der Waals surface area contributed by atoms with Crippen LogP contribution in [0.3, 0.4) is 0 Å². The Morgan fingerprint density at radius 2 is 1.96 bits per heavy atom. The van der Waals surface area contributed by atoms with Crippen LogP contribution < -0.4 is 0 Å². The zero-order valence-electron chi connectivity index (χ0n) is 14.4. The van der Waals surface area contributed by atoms with Crippen LogP contribution in [0.2, 0.25) is 0 Å². The first-order valence-corrected chi connectivity index (χ1v) is 7.68. The van der Waals surface area contributed by atoms with Crippen LogP contribution in [0.5, 0.6) is 0 Å². The highest BCUT2D eigenvalue weighted by Gasteiger charge is 2.20. The van der Waals surface area contributed by atoms with Crippen LogP contribution in [-0.2, 0) is 6.54 Å². The zero-order valence-corrected chi connectivity index (χ0v) is 14.4. The van der Waals surface area contributed by atoms with Gasteiger partial charge >= 0.3 is 5.97 Å². The number of aryl methyl sites for hydroxylation is 3. The highest BCUT2D eigenvalue weighted by molar-refractivity contribution is 5.95. The van der Waals surface area contributed by atoms with E-state index < -0.39 is 5.97 Å². The quantitative estimate of drug-likeness (QED) is 0.780. The number of hydrogen-bond acceptors (Lipinski definition) is 5. The summed E-state index contributed by atoms with van der Waals surface area (Å²) in [6.45, 7) is 5.40. The van der Waals surface area contributed by atoms with Gasteiger partial charge in [-0.25, -0.2) is 14.3 Å². The number of carboxylic acid groups (broad SMARTS) is 1. The van der Waals surface area contributed by atoms with E-state index in [1.807, 2.05) is 19.9 Å². The molecule has 0 unspecified atom stereocenters. The monoisotopic (exact) mass is 342 g/mol. The molecule has 0 saturated heterocycles. The first-order chi connectivity index (χ1) is 11.8. The summed E-state index contributed by atoms with van der Waals surface area (Å²) in [5.41, 5.74) is 2.72. The standard InChI is InChI=1S/C17H18N4O4/c1-9-5-15-18-7-14(10(2)21(15)19-9)16(22)20(4)8-12-6-13(17(23)24)11(3)25-12/h5-7H,8H2,1-4H3,(H,23,24). The van der Waals surface area contributed by atoms with Gasteiger partial charge in [0.2, 0.25) is 0 Å².